The lowest BCUT2D eigenvalue weighted by molar-refractivity contribution is 0.601. The molecule has 1 aromatic carbocycles. The Kier molecular flexibility index (Phi) is 6.95. The second kappa shape index (κ2) is 8.06. The van der Waals surface area contributed by atoms with E-state index in [0.717, 1.165) is 23.6 Å². The summed E-state index contributed by atoms with van der Waals surface area (Å²) in [7, 11) is -1.44. The molecule has 0 unspecified atom stereocenters. The summed E-state index contributed by atoms with van der Waals surface area (Å²) in [5, 5.41) is 6.55. The molecular formula is C16H27N3O2S2. The first-order chi connectivity index (χ1) is 10.6. The third-order valence-electron chi connectivity index (χ3n) is 3.56. The highest BCUT2D eigenvalue weighted by Crippen LogP contribution is 2.19. The lowest BCUT2D eigenvalue weighted by Gasteiger charge is -2.23. The predicted octanol–water partition coefficient (Wildman–Crippen LogP) is 2.21. The molecule has 1 rings (SSSR count). The van der Waals surface area contributed by atoms with Crippen molar-refractivity contribution in [3.05, 3.63) is 29.3 Å². The van der Waals surface area contributed by atoms with Gasteiger partial charge in [0.1, 0.15) is 0 Å². The molecule has 0 aliphatic heterocycles. The van der Waals surface area contributed by atoms with Crippen molar-refractivity contribution in [2.75, 3.05) is 26.1 Å². The standard InChI is InChI=1S/C16H27N3O2S2/c1-12-9-13(7-8-14(12)23(6,20)21)10-18-15(17-4)19-11-16(2,3)22-5/h7-9H,10-11H2,1-6H3,(H2,17,18,19). The number of aliphatic imine (C=N–C) groups is 1. The fraction of sp³-hybridized carbons (Fsp3) is 0.562. The third kappa shape index (κ3) is 6.43. The summed E-state index contributed by atoms with van der Waals surface area (Å²) in [4.78, 5) is 4.59. The van der Waals surface area contributed by atoms with E-state index >= 15 is 0 Å². The van der Waals surface area contributed by atoms with Gasteiger partial charge < -0.3 is 10.6 Å². The lowest BCUT2D eigenvalue weighted by atomic mass is 10.1. The number of nitrogens with one attached hydrogen (secondary N) is 2. The summed E-state index contributed by atoms with van der Waals surface area (Å²) in [6.45, 7) is 7.55. The molecule has 5 nitrogen and oxygen atoms in total. The molecule has 7 heteroatoms. The van der Waals surface area contributed by atoms with Crippen molar-refractivity contribution in [2.24, 2.45) is 4.99 Å². The van der Waals surface area contributed by atoms with Crippen LogP contribution in [0.4, 0.5) is 0 Å². The van der Waals surface area contributed by atoms with Gasteiger partial charge in [0, 0.05) is 31.1 Å². The number of sulfone groups is 1. The van der Waals surface area contributed by atoms with Crippen LogP contribution in [0.15, 0.2) is 28.1 Å². The number of nitrogens with zero attached hydrogens (tertiary/aromatic N) is 1. The Bertz CT molecular complexity index is 668. The quantitative estimate of drug-likeness (QED) is 0.603. The van der Waals surface area contributed by atoms with E-state index < -0.39 is 9.84 Å². The van der Waals surface area contributed by atoms with Gasteiger partial charge in [-0.2, -0.15) is 11.8 Å². The Morgan fingerprint density at radius 1 is 1.30 bits per heavy atom. The fourth-order valence-electron chi connectivity index (χ4n) is 2.01. The summed E-state index contributed by atoms with van der Waals surface area (Å²) in [6, 6.07) is 5.38. The Labute approximate surface area is 144 Å². The van der Waals surface area contributed by atoms with Crippen molar-refractivity contribution in [3.8, 4) is 0 Å². The molecule has 0 aliphatic carbocycles. The number of hydrogen-bond acceptors (Lipinski definition) is 4. The molecule has 0 heterocycles. The summed E-state index contributed by atoms with van der Waals surface area (Å²) < 4.78 is 23.4. The van der Waals surface area contributed by atoms with E-state index in [1.54, 1.807) is 24.9 Å². The van der Waals surface area contributed by atoms with Crippen LogP contribution in [0.3, 0.4) is 0 Å². The molecule has 0 aromatic heterocycles. The molecule has 0 fully saturated rings. The Hall–Kier alpha value is -1.21. The molecular weight excluding hydrogens is 330 g/mol. The van der Waals surface area contributed by atoms with E-state index in [1.165, 1.54) is 6.26 Å². The van der Waals surface area contributed by atoms with E-state index in [1.807, 2.05) is 19.1 Å². The molecule has 0 saturated carbocycles. The molecule has 130 valence electrons. The second-order valence-corrected chi connectivity index (χ2v) is 9.61. The SMILES string of the molecule is CN=C(NCc1ccc(S(C)(=O)=O)c(C)c1)NCC(C)(C)SC. The predicted molar refractivity (Wildman–Crippen MR) is 100 cm³/mol. The second-order valence-electron chi connectivity index (χ2n) is 6.12. The smallest absolute Gasteiger partial charge is 0.191 e. The summed E-state index contributed by atoms with van der Waals surface area (Å²) >= 11 is 1.80. The van der Waals surface area contributed by atoms with Crippen LogP contribution in [-0.2, 0) is 16.4 Å². The molecule has 1 aromatic rings. The average molecular weight is 358 g/mol. The normalized spacial score (nSPS) is 13.0. The molecule has 0 saturated heterocycles. The molecule has 2 N–H and O–H groups in total. The highest BCUT2D eigenvalue weighted by Gasteiger charge is 2.16. The zero-order valence-electron chi connectivity index (χ0n) is 14.7. The van der Waals surface area contributed by atoms with E-state index in [2.05, 4.69) is 35.7 Å². The van der Waals surface area contributed by atoms with E-state index in [0.29, 0.717) is 11.4 Å². The summed E-state index contributed by atoms with van der Waals surface area (Å²) in [5.74, 6) is 0.733. The van der Waals surface area contributed by atoms with E-state index in [-0.39, 0.29) is 4.75 Å². The maximum Gasteiger partial charge on any atom is 0.191 e. The van der Waals surface area contributed by atoms with Gasteiger partial charge in [-0.3, -0.25) is 4.99 Å². The molecule has 0 bridgehead atoms. The highest BCUT2D eigenvalue weighted by molar-refractivity contribution is 7.99. The van der Waals surface area contributed by atoms with Gasteiger partial charge in [0.2, 0.25) is 0 Å². The van der Waals surface area contributed by atoms with Gasteiger partial charge in [0.25, 0.3) is 0 Å². The van der Waals surface area contributed by atoms with Crippen LogP contribution < -0.4 is 10.6 Å². The molecule has 0 atom stereocenters. The van der Waals surface area contributed by atoms with Crippen LogP contribution in [0.2, 0.25) is 0 Å². The van der Waals surface area contributed by atoms with Crippen LogP contribution in [0, 0.1) is 6.92 Å². The van der Waals surface area contributed by atoms with Crippen molar-refractivity contribution in [1.82, 2.24) is 10.6 Å². The Morgan fingerprint density at radius 3 is 2.43 bits per heavy atom. The van der Waals surface area contributed by atoms with E-state index in [4.69, 9.17) is 0 Å². The van der Waals surface area contributed by atoms with Gasteiger partial charge in [0.15, 0.2) is 15.8 Å². The van der Waals surface area contributed by atoms with Crippen molar-refractivity contribution < 1.29 is 8.42 Å². The fourth-order valence-corrected chi connectivity index (χ4v) is 3.19. The van der Waals surface area contributed by atoms with Gasteiger partial charge in [-0.15, -0.1) is 0 Å². The number of benzene rings is 1. The van der Waals surface area contributed by atoms with Crippen LogP contribution in [0.1, 0.15) is 25.0 Å². The maximum atomic E-state index is 11.6. The van der Waals surface area contributed by atoms with Crippen LogP contribution in [0.5, 0.6) is 0 Å². The first-order valence-corrected chi connectivity index (χ1v) is 10.5. The largest absolute Gasteiger partial charge is 0.355 e. The van der Waals surface area contributed by atoms with Crippen LogP contribution >= 0.6 is 11.8 Å². The number of hydrogen-bond donors (Lipinski definition) is 2. The Balaban J connectivity index is 2.68. The minimum absolute atomic E-state index is 0.130. The number of aryl methyl sites for hydroxylation is 1. The maximum absolute atomic E-state index is 11.6. The van der Waals surface area contributed by atoms with Crippen LogP contribution in [0.25, 0.3) is 0 Å². The van der Waals surface area contributed by atoms with Crippen molar-refractivity contribution in [3.63, 3.8) is 0 Å². The zero-order valence-corrected chi connectivity index (χ0v) is 16.4. The van der Waals surface area contributed by atoms with Crippen molar-refractivity contribution in [1.29, 1.82) is 0 Å². The molecule has 0 radical (unpaired) electrons. The number of guanidine groups is 1. The zero-order chi connectivity index (χ0) is 17.7. The van der Waals surface area contributed by atoms with Crippen LogP contribution in [-0.4, -0.2) is 45.2 Å². The monoisotopic (exact) mass is 357 g/mol. The van der Waals surface area contributed by atoms with Crippen molar-refractivity contribution >= 4 is 27.6 Å². The van der Waals surface area contributed by atoms with Gasteiger partial charge >= 0.3 is 0 Å². The minimum atomic E-state index is -3.17. The number of rotatable bonds is 6. The van der Waals surface area contributed by atoms with Gasteiger partial charge in [0.05, 0.1) is 4.90 Å². The molecule has 0 aliphatic rings. The molecule has 0 spiro atoms. The van der Waals surface area contributed by atoms with Crippen molar-refractivity contribution in [2.45, 2.75) is 37.0 Å². The lowest BCUT2D eigenvalue weighted by Crippen LogP contribution is -2.43. The highest BCUT2D eigenvalue weighted by atomic mass is 32.2. The first kappa shape index (κ1) is 19.8. The van der Waals surface area contributed by atoms with Gasteiger partial charge in [-0.25, -0.2) is 8.42 Å². The summed E-state index contributed by atoms with van der Waals surface area (Å²) in [6.07, 6.45) is 3.32. The molecule has 0 amide bonds. The Morgan fingerprint density at radius 2 is 1.96 bits per heavy atom. The van der Waals surface area contributed by atoms with E-state index in [9.17, 15) is 8.42 Å². The third-order valence-corrected chi connectivity index (χ3v) is 6.06. The average Bonchev–Trinajstić information content (AvgIpc) is 2.46. The number of thioether (sulfide) groups is 1. The topological polar surface area (TPSA) is 70.6 Å². The van der Waals surface area contributed by atoms with Gasteiger partial charge in [-0.05, 0) is 44.2 Å². The first-order valence-electron chi connectivity index (χ1n) is 7.38. The summed E-state index contributed by atoms with van der Waals surface area (Å²) in [5.41, 5.74) is 1.78. The van der Waals surface area contributed by atoms with Gasteiger partial charge in [-0.1, -0.05) is 12.1 Å². The molecule has 23 heavy (non-hydrogen) atoms. The minimum Gasteiger partial charge on any atom is -0.355 e.